The molecule has 0 aromatic heterocycles. The molecule has 294 valence electrons. The first-order valence-electron chi connectivity index (χ1n) is 18.7. The van der Waals surface area contributed by atoms with E-state index in [1.807, 2.05) is 80.6 Å². The van der Waals surface area contributed by atoms with E-state index in [0.29, 0.717) is 6.42 Å². The van der Waals surface area contributed by atoms with Crippen LogP contribution in [0.15, 0.2) is 78.9 Å². The maximum atomic E-state index is 13.6. The second-order valence-electron chi connectivity index (χ2n) is 14.5. The lowest BCUT2D eigenvalue weighted by molar-refractivity contribution is -0.139. The zero-order valence-electron chi connectivity index (χ0n) is 32.0. The summed E-state index contributed by atoms with van der Waals surface area (Å²) < 4.78 is 5.46. The van der Waals surface area contributed by atoms with Gasteiger partial charge in [-0.1, -0.05) is 101 Å². The van der Waals surface area contributed by atoms with Crippen LogP contribution in [-0.4, -0.2) is 85.5 Å². The number of carbonyl (C=O) groups is 7. The zero-order valence-corrected chi connectivity index (χ0v) is 32.9. The van der Waals surface area contributed by atoms with E-state index in [1.54, 1.807) is 18.8 Å². The van der Waals surface area contributed by atoms with Crippen molar-refractivity contribution in [3.05, 3.63) is 95.6 Å². The first-order chi connectivity index (χ1) is 26.7. The lowest BCUT2D eigenvalue weighted by atomic mass is 9.91. The Morgan fingerprint density at radius 2 is 1.41 bits per heavy atom. The van der Waals surface area contributed by atoms with Crippen LogP contribution < -0.4 is 16.0 Å². The molecule has 0 spiro atoms. The van der Waals surface area contributed by atoms with E-state index < -0.39 is 62.0 Å². The van der Waals surface area contributed by atoms with E-state index >= 15 is 0 Å². The number of fused-ring (bicyclic) bond motifs is 3. The molecule has 0 aliphatic heterocycles. The molecule has 1 aliphatic rings. The first-order valence-corrected chi connectivity index (χ1v) is 20.6. The molecule has 3 amide bonds. The highest BCUT2D eigenvalue weighted by molar-refractivity contribution is 7.94. The van der Waals surface area contributed by atoms with Gasteiger partial charge < -0.3 is 25.8 Å². The van der Waals surface area contributed by atoms with Crippen LogP contribution in [0.3, 0.4) is 0 Å². The Hall–Kier alpha value is -5.16. The SMILES string of the molecule is [B]P(C)C(=O)CCC(=O)C(CC(C)C)NC(=O)C(CC(=O)CNC(=O)CCC(NC(=O)OCC1c2ccccc2-c2ccccc21)C(=O)O)Cc1ccccc1. The fraction of sp³-hybridized carbons (Fsp3) is 0.405. The van der Waals surface area contributed by atoms with E-state index in [9.17, 15) is 38.7 Å². The fourth-order valence-electron chi connectivity index (χ4n) is 6.72. The number of Topliss-reactive ketones (excluding diaryl/α,β-unsaturated/α-hetero) is 2. The lowest BCUT2D eigenvalue weighted by Gasteiger charge is -2.23. The van der Waals surface area contributed by atoms with E-state index in [2.05, 4.69) is 16.0 Å². The predicted molar refractivity (Wildman–Crippen MR) is 214 cm³/mol. The maximum absolute atomic E-state index is 13.6. The lowest BCUT2D eigenvalue weighted by Crippen LogP contribution is -2.45. The van der Waals surface area contributed by atoms with Gasteiger partial charge in [0.25, 0.3) is 0 Å². The average molecular weight is 782 g/mol. The number of hydrogen-bond donors (Lipinski definition) is 4. The van der Waals surface area contributed by atoms with Crippen LogP contribution in [0.2, 0.25) is 0 Å². The molecule has 0 heterocycles. The first kappa shape index (κ1) is 43.6. The largest absolute Gasteiger partial charge is 0.480 e. The van der Waals surface area contributed by atoms with Crippen molar-refractivity contribution in [3.63, 3.8) is 0 Å². The minimum atomic E-state index is -1.43. The predicted octanol–water partition coefficient (Wildman–Crippen LogP) is 5.29. The Balaban J connectivity index is 1.29. The van der Waals surface area contributed by atoms with Crippen molar-refractivity contribution in [2.75, 3.05) is 19.8 Å². The molecule has 4 atom stereocenters. The molecule has 3 aromatic rings. The second kappa shape index (κ2) is 21.2. The third kappa shape index (κ3) is 13.0. The zero-order chi connectivity index (χ0) is 40.8. The van der Waals surface area contributed by atoms with Crippen LogP contribution in [-0.2, 0) is 39.9 Å². The number of carboxylic acid groups (broad SMARTS) is 1. The summed E-state index contributed by atoms with van der Waals surface area (Å²) >= 11 is 0. The van der Waals surface area contributed by atoms with Crippen LogP contribution in [0, 0.1) is 11.8 Å². The van der Waals surface area contributed by atoms with Crippen LogP contribution >= 0.6 is 7.80 Å². The molecule has 1 aliphatic carbocycles. The van der Waals surface area contributed by atoms with E-state index in [4.69, 9.17) is 12.3 Å². The Kier molecular flexibility index (Phi) is 16.5. The van der Waals surface area contributed by atoms with E-state index in [1.165, 1.54) is 0 Å². The van der Waals surface area contributed by atoms with Gasteiger partial charge in [0.2, 0.25) is 11.8 Å². The Bertz CT molecular complexity index is 1840. The topological polar surface area (TPSA) is 185 Å². The van der Waals surface area contributed by atoms with Gasteiger partial charge in [0.1, 0.15) is 25.7 Å². The molecule has 14 heteroatoms. The van der Waals surface area contributed by atoms with E-state index in [0.717, 1.165) is 27.8 Å². The summed E-state index contributed by atoms with van der Waals surface area (Å²) in [6.45, 7) is 5.01. The summed E-state index contributed by atoms with van der Waals surface area (Å²) in [5.74, 6) is -4.24. The van der Waals surface area contributed by atoms with E-state index in [-0.39, 0.29) is 68.3 Å². The standard InChI is InChI=1S/C42H49BN3O9P/c1-26(2)21-36(37(48)18-20-39(50)56(3)43)45-40(51)28(22-27-11-5-4-6-12-27)23-29(47)24-44-38(49)19-17-35(41(52)53)46-42(54)55-25-34-32-15-9-7-13-30(32)31-14-8-10-16-33(31)34/h4-16,26,28,34-36H,17-25H2,1-3H3,(H,44,49)(H,45,51)(H,46,54)(H,52,53). The van der Waals surface area contributed by atoms with Gasteiger partial charge in [0.05, 0.1) is 12.6 Å². The highest BCUT2D eigenvalue weighted by atomic mass is 31.1. The summed E-state index contributed by atoms with van der Waals surface area (Å²) in [5.41, 5.74) is 4.70. The number of carboxylic acids is 1. The molecular weight excluding hydrogens is 732 g/mol. The molecule has 4 rings (SSSR count). The summed E-state index contributed by atoms with van der Waals surface area (Å²) in [4.78, 5) is 89.4. The van der Waals surface area contributed by atoms with Gasteiger partial charge in [-0.3, -0.25) is 24.0 Å². The molecular formula is C42H49BN3O9P. The normalized spacial score (nSPS) is 14.0. The molecule has 4 N–H and O–H groups in total. The molecule has 0 saturated heterocycles. The highest BCUT2D eigenvalue weighted by Gasteiger charge is 2.31. The van der Waals surface area contributed by atoms with Crippen molar-refractivity contribution < 1.29 is 43.4 Å². The molecule has 0 fully saturated rings. The van der Waals surface area contributed by atoms with Crippen LogP contribution in [0.25, 0.3) is 11.1 Å². The summed E-state index contributed by atoms with van der Waals surface area (Å²) in [6, 6.07) is 22.4. The van der Waals surface area contributed by atoms with Gasteiger partial charge in [0, 0.05) is 37.5 Å². The number of benzene rings is 3. The molecule has 3 aromatic carbocycles. The van der Waals surface area contributed by atoms with Gasteiger partial charge >= 0.3 is 12.1 Å². The number of ether oxygens (including phenoxy) is 1. The molecule has 4 unspecified atom stereocenters. The number of hydrogen-bond acceptors (Lipinski definition) is 8. The summed E-state index contributed by atoms with van der Waals surface area (Å²) in [7, 11) is 4.38. The Morgan fingerprint density at radius 3 is 2.00 bits per heavy atom. The number of amides is 3. The smallest absolute Gasteiger partial charge is 0.407 e. The van der Waals surface area contributed by atoms with Crippen LogP contribution in [0.5, 0.6) is 0 Å². The Labute approximate surface area is 330 Å². The molecule has 12 nitrogen and oxygen atoms in total. The molecule has 0 bridgehead atoms. The minimum absolute atomic E-state index is 0.00763. The minimum Gasteiger partial charge on any atom is -0.480 e. The summed E-state index contributed by atoms with van der Waals surface area (Å²) in [6.07, 6.45) is -1.27. The second-order valence-corrected chi connectivity index (χ2v) is 16.2. The molecule has 56 heavy (non-hydrogen) atoms. The molecule has 0 saturated carbocycles. The number of aliphatic carboxylic acids is 1. The number of ketones is 2. The number of nitrogens with one attached hydrogen (secondary N) is 3. The third-order valence-corrected chi connectivity index (χ3v) is 10.6. The Morgan fingerprint density at radius 1 is 0.804 bits per heavy atom. The summed E-state index contributed by atoms with van der Waals surface area (Å²) in [5, 5.41) is 17.4. The number of rotatable bonds is 22. The van der Waals surface area contributed by atoms with Crippen molar-refractivity contribution in [2.45, 2.75) is 76.8 Å². The van der Waals surface area contributed by atoms with Gasteiger partial charge in [-0.15, -0.1) is 0 Å². The number of carbonyl (C=O) groups excluding carboxylic acids is 6. The highest BCUT2D eigenvalue weighted by Crippen LogP contribution is 2.44. The van der Waals surface area contributed by atoms with Crippen molar-refractivity contribution in [1.82, 2.24) is 16.0 Å². The van der Waals surface area contributed by atoms with Crippen molar-refractivity contribution in [3.8, 4) is 11.1 Å². The van der Waals surface area contributed by atoms with Gasteiger partial charge in [0.15, 0.2) is 11.6 Å². The van der Waals surface area contributed by atoms with Gasteiger partial charge in [-0.05, 0) is 59.7 Å². The van der Waals surface area contributed by atoms with Crippen LogP contribution in [0.1, 0.15) is 75.0 Å². The van der Waals surface area contributed by atoms with Crippen molar-refractivity contribution in [1.29, 1.82) is 0 Å². The van der Waals surface area contributed by atoms with Crippen LogP contribution in [0.4, 0.5) is 4.79 Å². The fourth-order valence-corrected chi connectivity index (χ4v) is 7.18. The quantitative estimate of drug-likeness (QED) is 0.0777. The average Bonchev–Trinajstić information content (AvgIpc) is 3.49. The molecule has 2 radical (unpaired) electrons. The van der Waals surface area contributed by atoms with Crippen molar-refractivity contribution >= 4 is 56.3 Å². The monoisotopic (exact) mass is 781 g/mol. The van der Waals surface area contributed by atoms with Gasteiger partial charge in [-0.2, -0.15) is 0 Å². The maximum Gasteiger partial charge on any atom is 0.407 e. The van der Waals surface area contributed by atoms with Crippen molar-refractivity contribution in [2.24, 2.45) is 11.8 Å². The van der Waals surface area contributed by atoms with Gasteiger partial charge in [-0.25, -0.2) is 9.59 Å². The third-order valence-electron chi connectivity index (χ3n) is 9.64. The number of alkyl carbamates (subject to hydrolysis) is 1.